The number of anilines is 1. The van der Waals surface area contributed by atoms with Gasteiger partial charge in [-0.15, -0.1) is 0 Å². The normalized spacial score (nSPS) is 17.6. The first-order valence-electron chi connectivity index (χ1n) is 5.45. The molecule has 0 spiro atoms. The highest BCUT2D eigenvalue weighted by Gasteiger charge is 2.36. The minimum Gasteiger partial charge on any atom is -0.361 e. The Hall–Kier alpha value is -0.610. The van der Waals surface area contributed by atoms with E-state index in [4.69, 9.17) is 0 Å². The fraction of sp³-hybridized carbons (Fsp3) is 0.417. The third-order valence-electron chi connectivity index (χ3n) is 3.12. The van der Waals surface area contributed by atoms with Gasteiger partial charge in [-0.25, -0.2) is 4.98 Å². The fourth-order valence-electron chi connectivity index (χ4n) is 1.65. The molecule has 1 saturated carbocycles. The van der Waals surface area contributed by atoms with Crippen molar-refractivity contribution < 1.29 is 0 Å². The number of hydrogen-bond acceptors (Lipinski definition) is 3. The number of halogens is 1. The number of nitrogens with one attached hydrogen (secondary N) is 1. The lowest BCUT2D eigenvalue weighted by Crippen LogP contribution is -2.11. The molecule has 84 valence electrons. The van der Waals surface area contributed by atoms with Crippen molar-refractivity contribution >= 4 is 42.6 Å². The molecular weight excluding hydrogens is 284 g/mol. The number of thiazole rings is 1. The summed E-state index contributed by atoms with van der Waals surface area (Å²) in [5, 5.41) is 4.49. The maximum Gasteiger partial charge on any atom is 0.183 e. The van der Waals surface area contributed by atoms with Crippen LogP contribution in [0.5, 0.6) is 0 Å². The minimum absolute atomic E-state index is 0.526. The lowest BCUT2D eigenvalue weighted by molar-refractivity contribution is 0.610. The first-order valence-corrected chi connectivity index (χ1v) is 7.06. The van der Waals surface area contributed by atoms with Crippen molar-refractivity contribution in [2.24, 2.45) is 5.41 Å². The Kier molecular flexibility index (Phi) is 2.44. The number of nitrogens with zero attached hydrogens (tertiary/aromatic N) is 1. The molecule has 4 heteroatoms. The quantitative estimate of drug-likeness (QED) is 0.915. The van der Waals surface area contributed by atoms with Gasteiger partial charge >= 0.3 is 0 Å². The van der Waals surface area contributed by atoms with Crippen molar-refractivity contribution in [3.05, 3.63) is 22.7 Å². The van der Waals surface area contributed by atoms with E-state index in [9.17, 15) is 0 Å². The molecule has 1 N–H and O–H groups in total. The zero-order chi connectivity index (χ0) is 11.2. The second-order valence-electron chi connectivity index (χ2n) is 4.80. The maximum absolute atomic E-state index is 4.57. The van der Waals surface area contributed by atoms with Gasteiger partial charge in [0.25, 0.3) is 0 Å². The van der Waals surface area contributed by atoms with Gasteiger partial charge in [0, 0.05) is 11.0 Å². The molecule has 1 aromatic carbocycles. The largest absolute Gasteiger partial charge is 0.361 e. The van der Waals surface area contributed by atoms with Crippen molar-refractivity contribution in [3.63, 3.8) is 0 Å². The van der Waals surface area contributed by atoms with Gasteiger partial charge in [0.2, 0.25) is 0 Å². The molecule has 2 aromatic rings. The van der Waals surface area contributed by atoms with Gasteiger partial charge in [0.1, 0.15) is 0 Å². The Bertz CT molecular complexity index is 531. The predicted molar refractivity (Wildman–Crippen MR) is 73.2 cm³/mol. The van der Waals surface area contributed by atoms with Crippen LogP contribution in [0.1, 0.15) is 19.8 Å². The van der Waals surface area contributed by atoms with E-state index >= 15 is 0 Å². The first kappa shape index (κ1) is 10.5. The summed E-state index contributed by atoms with van der Waals surface area (Å²) >= 11 is 5.21. The number of rotatable bonds is 3. The molecule has 2 nitrogen and oxygen atoms in total. The number of benzene rings is 1. The summed E-state index contributed by atoms with van der Waals surface area (Å²) in [7, 11) is 0. The van der Waals surface area contributed by atoms with Crippen LogP contribution in [0.4, 0.5) is 5.13 Å². The van der Waals surface area contributed by atoms with Gasteiger partial charge in [0.05, 0.1) is 10.2 Å². The van der Waals surface area contributed by atoms with E-state index in [0.29, 0.717) is 5.41 Å². The molecule has 0 amide bonds. The molecule has 16 heavy (non-hydrogen) atoms. The lowest BCUT2D eigenvalue weighted by atomic mass is 10.1. The van der Waals surface area contributed by atoms with E-state index in [1.54, 1.807) is 11.3 Å². The molecule has 1 fully saturated rings. The van der Waals surface area contributed by atoms with E-state index in [0.717, 1.165) is 21.7 Å². The molecule has 0 unspecified atom stereocenters. The molecule has 1 heterocycles. The Morgan fingerprint density at radius 3 is 3.06 bits per heavy atom. The van der Waals surface area contributed by atoms with E-state index in [2.05, 4.69) is 45.3 Å². The SMILES string of the molecule is CC1(CNc2nc3ccc(Br)cc3s2)CC1. The van der Waals surface area contributed by atoms with Gasteiger partial charge in [0.15, 0.2) is 5.13 Å². The summed E-state index contributed by atoms with van der Waals surface area (Å²) in [5.74, 6) is 0. The summed E-state index contributed by atoms with van der Waals surface area (Å²) in [6.45, 7) is 3.37. The molecule has 1 aromatic heterocycles. The summed E-state index contributed by atoms with van der Waals surface area (Å²) in [5.41, 5.74) is 1.61. The molecule has 1 aliphatic carbocycles. The van der Waals surface area contributed by atoms with Gasteiger partial charge in [-0.05, 0) is 36.5 Å². The summed E-state index contributed by atoms with van der Waals surface area (Å²) < 4.78 is 2.35. The Balaban J connectivity index is 1.82. The second kappa shape index (κ2) is 3.70. The standard InChI is InChI=1S/C12H13BrN2S/c1-12(4-5-12)7-14-11-15-9-3-2-8(13)6-10(9)16-11/h2-3,6H,4-5,7H2,1H3,(H,14,15). The van der Waals surface area contributed by atoms with E-state index in [1.807, 2.05) is 6.07 Å². The van der Waals surface area contributed by atoms with Crippen LogP contribution in [-0.2, 0) is 0 Å². The fourth-order valence-corrected chi connectivity index (χ4v) is 3.07. The van der Waals surface area contributed by atoms with Crippen LogP contribution in [0, 0.1) is 5.41 Å². The Labute approximate surface area is 107 Å². The van der Waals surface area contributed by atoms with Gasteiger partial charge in [-0.2, -0.15) is 0 Å². The predicted octanol–water partition coefficient (Wildman–Crippen LogP) is 4.27. The van der Waals surface area contributed by atoms with Crippen LogP contribution in [0.25, 0.3) is 10.2 Å². The molecule has 0 saturated heterocycles. The van der Waals surface area contributed by atoms with Crippen LogP contribution >= 0.6 is 27.3 Å². The smallest absolute Gasteiger partial charge is 0.183 e. The highest BCUT2D eigenvalue weighted by atomic mass is 79.9. The van der Waals surface area contributed by atoms with E-state index in [1.165, 1.54) is 17.5 Å². The average Bonchev–Trinajstić information content (AvgIpc) is 2.85. The van der Waals surface area contributed by atoms with Gasteiger partial charge in [-0.3, -0.25) is 0 Å². The van der Waals surface area contributed by atoms with Crippen LogP contribution in [0.15, 0.2) is 22.7 Å². The van der Waals surface area contributed by atoms with Crippen LogP contribution in [0.2, 0.25) is 0 Å². The maximum atomic E-state index is 4.57. The van der Waals surface area contributed by atoms with Crippen LogP contribution < -0.4 is 5.32 Å². The van der Waals surface area contributed by atoms with E-state index in [-0.39, 0.29) is 0 Å². The second-order valence-corrected chi connectivity index (χ2v) is 6.74. The molecule has 0 bridgehead atoms. The topological polar surface area (TPSA) is 24.9 Å². The molecule has 0 atom stereocenters. The van der Waals surface area contributed by atoms with Gasteiger partial charge < -0.3 is 5.32 Å². The van der Waals surface area contributed by atoms with Crippen molar-refractivity contribution in [3.8, 4) is 0 Å². The number of aromatic nitrogens is 1. The van der Waals surface area contributed by atoms with Crippen molar-refractivity contribution in [1.82, 2.24) is 4.98 Å². The average molecular weight is 297 g/mol. The highest BCUT2D eigenvalue weighted by molar-refractivity contribution is 9.10. The first-order chi connectivity index (χ1) is 7.65. The summed E-state index contributed by atoms with van der Waals surface area (Å²) in [6, 6.07) is 6.21. The lowest BCUT2D eigenvalue weighted by Gasteiger charge is -2.07. The third-order valence-corrected chi connectivity index (χ3v) is 4.59. The molecular formula is C12H13BrN2S. The summed E-state index contributed by atoms with van der Waals surface area (Å²) in [6.07, 6.45) is 2.69. The monoisotopic (exact) mass is 296 g/mol. The van der Waals surface area contributed by atoms with Crippen molar-refractivity contribution in [1.29, 1.82) is 0 Å². The van der Waals surface area contributed by atoms with Crippen molar-refractivity contribution in [2.75, 3.05) is 11.9 Å². The van der Waals surface area contributed by atoms with Crippen molar-refractivity contribution in [2.45, 2.75) is 19.8 Å². The molecule has 0 aliphatic heterocycles. The highest BCUT2D eigenvalue weighted by Crippen LogP contribution is 2.45. The molecule has 3 rings (SSSR count). The number of hydrogen-bond donors (Lipinski definition) is 1. The zero-order valence-electron chi connectivity index (χ0n) is 9.09. The molecule has 1 aliphatic rings. The Morgan fingerprint density at radius 2 is 2.31 bits per heavy atom. The minimum atomic E-state index is 0.526. The summed E-state index contributed by atoms with van der Waals surface area (Å²) in [4.78, 5) is 4.57. The van der Waals surface area contributed by atoms with Crippen LogP contribution in [-0.4, -0.2) is 11.5 Å². The Morgan fingerprint density at radius 1 is 1.50 bits per heavy atom. The molecule has 0 radical (unpaired) electrons. The zero-order valence-corrected chi connectivity index (χ0v) is 11.5. The third kappa shape index (κ3) is 2.09. The van der Waals surface area contributed by atoms with Crippen LogP contribution in [0.3, 0.4) is 0 Å². The van der Waals surface area contributed by atoms with Gasteiger partial charge in [-0.1, -0.05) is 34.2 Å². The van der Waals surface area contributed by atoms with E-state index < -0.39 is 0 Å². The number of fused-ring (bicyclic) bond motifs is 1.